The van der Waals surface area contributed by atoms with Crippen LogP contribution in [0.3, 0.4) is 0 Å². The van der Waals surface area contributed by atoms with Crippen molar-refractivity contribution in [3.05, 3.63) is 105 Å². The highest BCUT2D eigenvalue weighted by atomic mass is 16.6. The molecule has 0 radical (unpaired) electrons. The van der Waals surface area contributed by atoms with Gasteiger partial charge in [-0.2, -0.15) is 0 Å². The Labute approximate surface area is 188 Å². The van der Waals surface area contributed by atoms with Gasteiger partial charge in [0.05, 0.1) is 22.2 Å². The fourth-order valence-corrected chi connectivity index (χ4v) is 6.42. The lowest BCUT2D eigenvalue weighted by Gasteiger charge is -2.52. The van der Waals surface area contributed by atoms with E-state index in [4.69, 9.17) is 0 Å². The molecule has 3 aromatic rings. The van der Waals surface area contributed by atoms with Gasteiger partial charge in [0.15, 0.2) is 0 Å². The minimum atomic E-state index is -1.32. The van der Waals surface area contributed by atoms with Gasteiger partial charge in [0.25, 0.3) is 5.69 Å². The summed E-state index contributed by atoms with van der Waals surface area (Å²) in [7, 11) is 0. The molecule has 33 heavy (non-hydrogen) atoms. The van der Waals surface area contributed by atoms with Crippen LogP contribution < -0.4 is 4.90 Å². The van der Waals surface area contributed by atoms with Crippen molar-refractivity contribution in [2.24, 2.45) is 11.8 Å². The summed E-state index contributed by atoms with van der Waals surface area (Å²) in [6.07, 6.45) is 0. The first-order valence-electron chi connectivity index (χ1n) is 10.7. The van der Waals surface area contributed by atoms with Crippen LogP contribution in [0.15, 0.2) is 72.8 Å². The number of nitro groups is 1. The number of nitro benzene ring substituents is 1. The quantitative estimate of drug-likeness (QED) is 0.353. The first-order valence-corrected chi connectivity index (χ1v) is 10.7. The topological polar surface area (TPSA) is 97.6 Å². The van der Waals surface area contributed by atoms with Crippen molar-refractivity contribution in [2.75, 3.05) is 4.90 Å². The van der Waals surface area contributed by atoms with Crippen LogP contribution in [0.2, 0.25) is 0 Å². The predicted molar refractivity (Wildman–Crippen MR) is 119 cm³/mol. The Balaban J connectivity index is 1.67. The molecule has 0 N–H and O–H groups in total. The van der Waals surface area contributed by atoms with E-state index in [1.54, 1.807) is 6.07 Å². The zero-order valence-electron chi connectivity index (χ0n) is 17.6. The Hall–Kier alpha value is -4.13. The molecule has 4 aliphatic rings. The summed E-state index contributed by atoms with van der Waals surface area (Å²) in [6, 6.07) is 20.7. The molecular weight excluding hydrogens is 420 g/mol. The number of carbonyl (C=O) groups excluding carboxylic acids is 3. The molecule has 2 atom stereocenters. The maximum absolute atomic E-state index is 14.0. The number of hydrogen-bond acceptors (Lipinski definition) is 5. The summed E-state index contributed by atoms with van der Waals surface area (Å²) in [5.41, 5.74) is 1.50. The molecule has 2 amide bonds. The minimum Gasteiger partial charge on any atom is -0.299 e. The van der Waals surface area contributed by atoms with Crippen LogP contribution in [0.5, 0.6) is 0 Å². The molecule has 1 aliphatic heterocycles. The summed E-state index contributed by atoms with van der Waals surface area (Å²) < 4.78 is 0. The van der Waals surface area contributed by atoms with Crippen LogP contribution in [-0.2, 0) is 19.8 Å². The molecule has 162 valence electrons. The third-order valence-electron chi connectivity index (χ3n) is 7.49. The Morgan fingerprint density at radius 2 is 1.42 bits per heavy atom. The van der Waals surface area contributed by atoms with E-state index in [2.05, 4.69) is 0 Å². The van der Waals surface area contributed by atoms with Gasteiger partial charge in [0, 0.05) is 12.0 Å². The predicted octanol–water partition coefficient (Wildman–Crippen LogP) is 3.73. The summed E-state index contributed by atoms with van der Waals surface area (Å²) in [4.78, 5) is 53.4. The number of nitrogens with zero attached hydrogens (tertiary/aromatic N) is 2. The normalized spacial score (nSPS) is 26.6. The summed E-state index contributed by atoms with van der Waals surface area (Å²) in [5, 5.41) is 11.7. The molecule has 0 saturated carbocycles. The molecule has 0 spiro atoms. The average molecular weight is 438 g/mol. The second-order valence-corrected chi connectivity index (χ2v) is 8.78. The van der Waals surface area contributed by atoms with E-state index in [-0.39, 0.29) is 17.2 Å². The Bertz CT molecular complexity index is 1360. The maximum atomic E-state index is 14.0. The maximum Gasteiger partial charge on any atom is 0.293 e. The Kier molecular flexibility index (Phi) is 3.82. The molecule has 7 nitrogen and oxygen atoms in total. The number of ketones is 1. The summed E-state index contributed by atoms with van der Waals surface area (Å²) >= 11 is 0. The standard InChI is InChI=1S/C26H18N2O5/c1-14(29)26-17-10-4-2-8-15(17)21(16-9-3-5-11-18(16)26)22-23(26)25(31)27(24(22)30)19-12-6-7-13-20(19)28(32)33/h2-13,21-23H,1H3. The molecule has 3 aliphatic carbocycles. The van der Waals surface area contributed by atoms with Crippen LogP contribution in [0.25, 0.3) is 0 Å². The van der Waals surface area contributed by atoms with E-state index in [0.717, 1.165) is 27.2 Å². The van der Waals surface area contributed by atoms with Crippen LogP contribution >= 0.6 is 0 Å². The number of imide groups is 1. The highest BCUT2D eigenvalue weighted by Crippen LogP contribution is 2.64. The van der Waals surface area contributed by atoms with Gasteiger partial charge in [-0.1, -0.05) is 60.7 Å². The van der Waals surface area contributed by atoms with E-state index in [1.807, 2.05) is 48.5 Å². The molecule has 1 fully saturated rings. The minimum absolute atomic E-state index is 0.0573. The number of benzene rings is 3. The van der Waals surface area contributed by atoms with Crippen LogP contribution in [0.1, 0.15) is 35.1 Å². The second kappa shape index (κ2) is 6.45. The number of hydrogen-bond donors (Lipinski definition) is 0. The highest BCUT2D eigenvalue weighted by Gasteiger charge is 2.70. The fraction of sp³-hybridized carbons (Fsp3) is 0.192. The fourth-order valence-electron chi connectivity index (χ4n) is 6.42. The van der Waals surface area contributed by atoms with Gasteiger partial charge in [-0.05, 0) is 35.2 Å². The SMILES string of the molecule is CC(=O)C12c3ccccc3C(c3ccccc31)C1C(=O)N(c3ccccc3[N+](=O)[O-])C(=O)C12. The van der Waals surface area contributed by atoms with Gasteiger partial charge >= 0.3 is 0 Å². The Morgan fingerprint density at radius 3 is 2.00 bits per heavy atom. The van der Waals surface area contributed by atoms with Gasteiger partial charge in [0.2, 0.25) is 11.8 Å². The second-order valence-electron chi connectivity index (χ2n) is 8.78. The molecule has 2 unspecified atom stereocenters. The first-order chi connectivity index (χ1) is 15.9. The van der Waals surface area contributed by atoms with Gasteiger partial charge < -0.3 is 0 Å². The van der Waals surface area contributed by atoms with Crippen molar-refractivity contribution in [2.45, 2.75) is 18.3 Å². The third-order valence-corrected chi connectivity index (χ3v) is 7.49. The van der Waals surface area contributed by atoms with E-state index in [0.29, 0.717) is 0 Å². The van der Waals surface area contributed by atoms with E-state index in [1.165, 1.54) is 25.1 Å². The smallest absolute Gasteiger partial charge is 0.293 e. The van der Waals surface area contributed by atoms with Crippen molar-refractivity contribution in [1.82, 2.24) is 0 Å². The third kappa shape index (κ3) is 2.16. The zero-order chi connectivity index (χ0) is 23.1. The van der Waals surface area contributed by atoms with Crippen molar-refractivity contribution in [1.29, 1.82) is 0 Å². The zero-order valence-corrected chi connectivity index (χ0v) is 17.6. The van der Waals surface area contributed by atoms with E-state index in [9.17, 15) is 24.5 Å². The molecule has 1 saturated heterocycles. The number of rotatable bonds is 3. The Morgan fingerprint density at radius 1 is 0.879 bits per heavy atom. The first kappa shape index (κ1) is 19.5. The van der Waals surface area contributed by atoms with Gasteiger partial charge in [-0.3, -0.25) is 24.5 Å². The molecule has 2 bridgehead atoms. The number of anilines is 1. The molecule has 1 heterocycles. The number of amides is 2. The summed E-state index contributed by atoms with van der Waals surface area (Å²) in [6.45, 7) is 1.46. The van der Waals surface area contributed by atoms with Crippen molar-refractivity contribution in [3.8, 4) is 0 Å². The number of carbonyl (C=O) groups is 3. The van der Waals surface area contributed by atoms with Crippen LogP contribution in [-0.4, -0.2) is 22.5 Å². The largest absolute Gasteiger partial charge is 0.299 e. The molecule has 7 rings (SSSR count). The van der Waals surface area contributed by atoms with Gasteiger partial charge in [-0.25, -0.2) is 4.90 Å². The van der Waals surface area contributed by atoms with Crippen LogP contribution in [0.4, 0.5) is 11.4 Å². The lowest BCUT2D eigenvalue weighted by Crippen LogP contribution is -2.57. The van der Waals surface area contributed by atoms with Crippen molar-refractivity contribution < 1.29 is 19.3 Å². The molecule has 0 aromatic heterocycles. The number of Topliss-reactive ketones (excluding diaryl/α,β-unsaturated/α-hetero) is 1. The van der Waals surface area contributed by atoms with Gasteiger partial charge in [0.1, 0.15) is 11.5 Å². The lowest BCUT2D eigenvalue weighted by molar-refractivity contribution is -0.384. The summed E-state index contributed by atoms with van der Waals surface area (Å²) in [5.74, 6) is -3.47. The molecule has 3 aromatic carbocycles. The van der Waals surface area contributed by atoms with Crippen molar-refractivity contribution >= 4 is 29.0 Å². The lowest BCUT2D eigenvalue weighted by atomic mass is 9.46. The van der Waals surface area contributed by atoms with Crippen LogP contribution in [0, 0.1) is 22.0 Å². The molecule has 7 heteroatoms. The average Bonchev–Trinajstić information content (AvgIpc) is 3.09. The van der Waals surface area contributed by atoms with E-state index >= 15 is 0 Å². The monoisotopic (exact) mass is 438 g/mol. The highest BCUT2D eigenvalue weighted by molar-refractivity contribution is 6.26. The van der Waals surface area contributed by atoms with Crippen molar-refractivity contribution in [3.63, 3.8) is 0 Å². The van der Waals surface area contributed by atoms with E-state index < -0.39 is 39.9 Å². The van der Waals surface area contributed by atoms with Gasteiger partial charge in [-0.15, -0.1) is 0 Å². The molecular formula is C26H18N2O5. The number of para-hydroxylation sites is 2.